The smallest absolute Gasteiger partial charge is 0.161 e. The number of hydrogen-bond acceptors (Lipinski definition) is 3. The van der Waals surface area contributed by atoms with Gasteiger partial charge in [0.2, 0.25) is 0 Å². The summed E-state index contributed by atoms with van der Waals surface area (Å²) in [5.41, 5.74) is 1.24. The standard InChI is InChI=1S/C19H28O3/c1-10(2)12-6-5-11(3)16-14-9-19(4)15(22-19)8-7-13(20)18(21-14)17(12)16/h10,12,14-18H,3,5-9H2,1-2,4H3/t12-,14-,15-,16-,17-,18+,19+/m1/s1. The second-order valence-corrected chi connectivity index (χ2v) is 8.43. The summed E-state index contributed by atoms with van der Waals surface area (Å²) in [5, 5.41) is 0. The van der Waals surface area contributed by atoms with Crippen molar-refractivity contribution in [2.45, 2.75) is 76.8 Å². The van der Waals surface area contributed by atoms with E-state index in [0.29, 0.717) is 35.9 Å². The third kappa shape index (κ3) is 2.12. The van der Waals surface area contributed by atoms with E-state index >= 15 is 0 Å². The van der Waals surface area contributed by atoms with Crippen LogP contribution in [0.15, 0.2) is 12.2 Å². The molecule has 3 nitrogen and oxygen atoms in total. The Kier molecular flexibility index (Phi) is 3.32. The highest BCUT2D eigenvalue weighted by Gasteiger charge is 2.60. The Morgan fingerprint density at radius 1 is 1.27 bits per heavy atom. The Morgan fingerprint density at radius 2 is 2.05 bits per heavy atom. The molecule has 0 aromatic rings. The van der Waals surface area contributed by atoms with Gasteiger partial charge in [-0.15, -0.1) is 0 Å². The molecule has 0 N–H and O–H groups in total. The Labute approximate surface area is 133 Å². The third-order valence-corrected chi connectivity index (χ3v) is 6.72. The average molecular weight is 304 g/mol. The van der Waals surface area contributed by atoms with Crippen molar-refractivity contribution in [2.75, 3.05) is 0 Å². The number of Topliss-reactive ketones (excluding diaryl/α,β-unsaturated/α-hetero) is 1. The van der Waals surface area contributed by atoms with Crippen LogP contribution < -0.4 is 0 Å². The number of carbonyl (C=O) groups is 1. The molecule has 3 saturated heterocycles. The van der Waals surface area contributed by atoms with Gasteiger partial charge in [0.1, 0.15) is 6.10 Å². The van der Waals surface area contributed by atoms with Crippen molar-refractivity contribution < 1.29 is 14.3 Å². The first kappa shape index (κ1) is 14.9. The van der Waals surface area contributed by atoms with Crippen molar-refractivity contribution in [3.05, 3.63) is 12.2 Å². The predicted octanol–water partition coefficient (Wildman–Crippen LogP) is 3.52. The van der Waals surface area contributed by atoms with Crippen molar-refractivity contribution in [3.63, 3.8) is 0 Å². The van der Waals surface area contributed by atoms with Crippen LogP contribution in [0.5, 0.6) is 0 Å². The maximum absolute atomic E-state index is 12.8. The van der Waals surface area contributed by atoms with Gasteiger partial charge < -0.3 is 9.47 Å². The summed E-state index contributed by atoms with van der Waals surface area (Å²) in [6, 6.07) is 0. The molecule has 4 aliphatic rings. The normalized spacial score (nSPS) is 50.9. The van der Waals surface area contributed by atoms with Crippen LogP contribution in [0.2, 0.25) is 0 Å². The molecule has 3 heterocycles. The van der Waals surface area contributed by atoms with Gasteiger partial charge in [-0.2, -0.15) is 0 Å². The minimum atomic E-state index is -0.194. The molecule has 3 heteroatoms. The number of fused-ring (bicyclic) bond motifs is 6. The van der Waals surface area contributed by atoms with E-state index in [-0.39, 0.29) is 23.9 Å². The molecule has 0 unspecified atom stereocenters. The van der Waals surface area contributed by atoms with E-state index in [4.69, 9.17) is 9.47 Å². The van der Waals surface area contributed by atoms with Crippen LogP contribution in [-0.2, 0) is 14.3 Å². The molecule has 22 heavy (non-hydrogen) atoms. The molecule has 4 fully saturated rings. The molecule has 0 aromatic carbocycles. The highest BCUT2D eigenvalue weighted by Crippen LogP contribution is 2.55. The summed E-state index contributed by atoms with van der Waals surface area (Å²) in [6.45, 7) is 11.1. The number of hydrogen-bond donors (Lipinski definition) is 0. The van der Waals surface area contributed by atoms with E-state index in [1.807, 2.05) is 0 Å². The van der Waals surface area contributed by atoms with Crippen molar-refractivity contribution in [2.24, 2.45) is 23.7 Å². The van der Waals surface area contributed by atoms with E-state index in [2.05, 4.69) is 27.4 Å². The van der Waals surface area contributed by atoms with Gasteiger partial charge in [0.15, 0.2) is 5.78 Å². The minimum absolute atomic E-state index is 0.0697. The Bertz CT molecular complexity index is 511. The van der Waals surface area contributed by atoms with Crippen LogP contribution in [0.4, 0.5) is 0 Å². The summed E-state index contributed by atoms with van der Waals surface area (Å²) < 4.78 is 12.3. The summed E-state index contributed by atoms with van der Waals surface area (Å²) in [7, 11) is 0. The minimum Gasteiger partial charge on any atom is -0.366 e. The molecule has 7 atom stereocenters. The van der Waals surface area contributed by atoms with Gasteiger partial charge in [0.05, 0.1) is 17.8 Å². The largest absolute Gasteiger partial charge is 0.366 e. The molecule has 4 rings (SSSR count). The zero-order valence-corrected chi connectivity index (χ0v) is 14.0. The third-order valence-electron chi connectivity index (χ3n) is 6.72. The van der Waals surface area contributed by atoms with Crippen molar-refractivity contribution in [1.82, 2.24) is 0 Å². The number of carbonyl (C=O) groups excluding carboxylic acids is 1. The lowest BCUT2D eigenvalue weighted by Crippen LogP contribution is -2.40. The first-order valence-electron chi connectivity index (χ1n) is 8.94. The zero-order chi connectivity index (χ0) is 15.6. The first-order valence-corrected chi connectivity index (χ1v) is 8.94. The quantitative estimate of drug-likeness (QED) is 0.549. The maximum atomic E-state index is 12.8. The topological polar surface area (TPSA) is 38.8 Å². The van der Waals surface area contributed by atoms with Crippen LogP contribution >= 0.6 is 0 Å². The Hall–Kier alpha value is -0.670. The van der Waals surface area contributed by atoms with Gasteiger partial charge in [-0.05, 0) is 38.0 Å². The Balaban J connectivity index is 1.70. The van der Waals surface area contributed by atoms with Crippen LogP contribution in [-0.4, -0.2) is 29.7 Å². The van der Waals surface area contributed by atoms with Crippen molar-refractivity contribution in [1.29, 1.82) is 0 Å². The van der Waals surface area contributed by atoms with Crippen LogP contribution in [0.25, 0.3) is 0 Å². The Morgan fingerprint density at radius 3 is 2.77 bits per heavy atom. The number of ether oxygens (including phenoxy) is 2. The highest BCUT2D eigenvalue weighted by molar-refractivity contribution is 5.84. The SMILES string of the molecule is C=C1CC[C@H](C(C)C)[C@@H]2[C@H]1[C@H]1C[C@]3(C)O[C@@H]3CCC(=O)[C@@H]2O1. The van der Waals surface area contributed by atoms with Gasteiger partial charge in [-0.25, -0.2) is 0 Å². The fourth-order valence-electron chi connectivity index (χ4n) is 5.43. The second-order valence-electron chi connectivity index (χ2n) is 8.43. The lowest BCUT2D eigenvalue weighted by molar-refractivity contribution is -0.133. The van der Waals surface area contributed by atoms with Gasteiger partial charge >= 0.3 is 0 Å². The predicted molar refractivity (Wildman–Crippen MR) is 84.5 cm³/mol. The summed E-state index contributed by atoms with van der Waals surface area (Å²) in [4.78, 5) is 12.8. The molecular weight excluding hydrogens is 276 g/mol. The van der Waals surface area contributed by atoms with E-state index in [9.17, 15) is 4.79 Å². The van der Waals surface area contributed by atoms with Crippen molar-refractivity contribution >= 4 is 5.78 Å². The van der Waals surface area contributed by atoms with Gasteiger partial charge in [0, 0.05) is 24.7 Å². The number of rotatable bonds is 1. The summed E-state index contributed by atoms with van der Waals surface area (Å²) in [6.07, 6.45) is 4.84. The van der Waals surface area contributed by atoms with E-state index in [1.165, 1.54) is 5.57 Å². The molecular formula is C19H28O3. The molecule has 0 amide bonds. The van der Waals surface area contributed by atoms with E-state index in [1.54, 1.807) is 0 Å². The number of ketones is 1. The lowest BCUT2D eigenvalue weighted by Gasteiger charge is -2.40. The fraction of sp³-hybridized carbons (Fsp3) is 0.842. The molecule has 122 valence electrons. The monoisotopic (exact) mass is 304 g/mol. The lowest BCUT2D eigenvalue weighted by atomic mass is 9.62. The summed E-state index contributed by atoms with van der Waals surface area (Å²) >= 11 is 0. The molecule has 3 aliphatic heterocycles. The molecule has 1 saturated carbocycles. The van der Waals surface area contributed by atoms with Crippen molar-refractivity contribution in [3.8, 4) is 0 Å². The van der Waals surface area contributed by atoms with Crippen LogP contribution in [0.3, 0.4) is 0 Å². The molecule has 0 spiro atoms. The summed E-state index contributed by atoms with van der Waals surface area (Å²) in [5.74, 6) is 2.18. The maximum Gasteiger partial charge on any atom is 0.161 e. The molecule has 0 aromatic heterocycles. The van der Waals surface area contributed by atoms with Crippen LogP contribution in [0, 0.1) is 23.7 Å². The zero-order valence-electron chi connectivity index (χ0n) is 14.0. The first-order chi connectivity index (χ1) is 10.4. The van der Waals surface area contributed by atoms with E-state index < -0.39 is 0 Å². The van der Waals surface area contributed by atoms with Gasteiger partial charge in [-0.3, -0.25) is 4.79 Å². The number of epoxide rings is 1. The van der Waals surface area contributed by atoms with E-state index in [0.717, 1.165) is 25.7 Å². The fourth-order valence-corrected chi connectivity index (χ4v) is 5.43. The van der Waals surface area contributed by atoms with Gasteiger partial charge in [-0.1, -0.05) is 26.0 Å². The average Bonchev–Trinajstić information content (AvgIpc) is 2.92. The van der Waals surface area contributed by atoms with Crippen LogP contribution in [0.1, 0.15) is 52.9 Å². The second kappa shape index (κ2) is 4.91. The molecule has 0 radical (unpaired) electrons. The highest BCUT2D eigenvalue weighted by atomic mass is 16.6. The molecule has 1 aliphatic carbocycles. The van der Waals surface area contributed by atoms with Gasteiger partial charge in [0.25, 0.3) is 0 Å². The molecule has 2 bridgehead atoms.